The lowest BCUT2D eigenvalue weighted by Gasteiger charge is -2.20. The van der Waals surface area contributed by atoms with Crippen LogP contribution < -0.4 is 10.2 Å². The maximum atomic E-state index is 13.1. The number of hydrogen-bond donors (Lipinski definition) is 1. The number of allylic oxidation sites excluding steroid dienone is 2. The Morgan fingerprint density at radius 3 is 2.38 bits per heavy atom. The molecule has 1 aliphatic heterocycles. The maximum absolute atomic E-state index is 13.1. The first-order valence-corrected chi connectivity index (χ1v) is 10.1. The van der Waals surface area contributed by atoms with E-state index in [1.807, 2.05) is 13.0 Å². The lowest BCUT2D eigenvalue weighted by molar-refractivity contribution is -0.123. The van der Waals surface area contributed by atoms with Crippen LogP contribution in [0.1, 0.15) is 22.3 Å². The highest BCUT2D eigenvalue weighted by molar-refractivity contribution is 6.31. The first kappa shape index (κ1) is 18.1. The van der Waals surface area contributed by atoms with Crippen molar-refractivity contribution in [2.45, 2.75) is 13.3 Å². The topological polar surface area (TPSA) is 66.5 Å². The largest absolute Gasteiger partial charge is 0.322 e. The van der Waals surface area contributed by atoms with Crippen molar-refractivity contribution in [3.63, 3.8) is 0 Å². The maximum Gasteiger partial charge on any atom is 0.257 e. The summed E-state index contributed by atoms with van der Waals surface area (Å²) in [5.41, 5.74) is 2.09. The summed E-state index contributed by atoms with van der Waals surface area (Å²) in [6.07, 6.45) is 4.99. The number of para-hydroxylation sites is 1. The number of imide groups is 1. The van der Waals surface area contributed by atoms with Gasteiger partial charge in [-0.25, -0.2) is 4.90 Å². The number of fused-ring (bicyclic) bond motifs is 5. The van der Waals surface area contributed by atoms with Crippen LogP contribution in [0, 0.1) is 30.6 Å². The van der Waals surface area contributed by atoms with E-state index in [1.165, 1.54) is 4.90 Å². The first-order chi connectivity index (χ1) is 14.0. The third-order valence-electron chi connectivity index (χ3n) is 6.31. The van der Waals surface area contributed by atoms with Gasteiger partial charge in [-0.05, 0) is 55.0 Å². The van der Waals surface area contributed by atoms with Gasteiger partial charge >= 0.3 is 0 Å². The number of amides is 3. The standard InChI is InChI=1S/C23H19ClN2O3/c1-12-6-9-15(24)11-17(12)25-21(27)16-4-2-3-5-18(16)26-22(28)19-13-7-8-14(10-13)20(19)23(26)29/h2-9,11,13-14,19-20H,10H2,1H3,(H,25,27)/t13-,14-,19+,20+/m0/s1. The van der Waals surface area contributed by atoms with Crippen LogP contribution in [0.25, 0.3) is 0 Å². The second-order valence-corrected chi connectivity index (χ2v) is 8.38. The number of carbonyl (C=O) groups excluding carboxylic acids is 3. The molecule has 1 saturated carbocycles. The summed E-state index contributed by atoms with van der Waals surface area (Å²) in [6, 6.07) is 12.0. The van der Waals surface area contributed by atoms with Crippen LogP contribution in [0.5, 0.6) is 0 Å². The normalized spacial score (nSPS) is 26.9. The number of hydrogen-bond acceptors (Lipinski definition) is 3. The van der Waals surface area contributed by atoms with Crippen molar-refractivity contribution in [3.8, 4) is 0 Å². The Labute approximate surface area is 173 Å². The first-order valence-electron chi connectivity index (χ1n) is 9.68. The molecule has 2 bridgehead atoms. The summed E-state index contributed by atoms with van der Waals surface area (Å²) >= 11 is 6.05. The zero-order chi connectivity index (χ0) is 20.3. The van der Waals surface area contributed by atoms with Gasteiger partial charge in [-0.15, -0.1) is 0 Å². The Kier molecular flexibility index (Phi) is 4.10. The van der Waals surface area contributed by atoms with Crippen LogP contribution in [-0.2, 0) is 9.59 Å². The Morgan fingerprint density at radius 2 is 1.69 bits per heavy atom. The number of nitrogens with zero attached hydrogens (tertiary/aromatic N) is 1. The highest BCUT2D eigenvalue weighted by atomic mass is 35.5. The summed E-state index contributed by atoms with van der Waals surface area (Å²) in [7, 11) is 0. The fourth-order valence-corrected chi connectivity index (χ4v) is 5.09. The van der Waals surface area contributed by atoms with Gasteiger partial charge in [0, 0.05) is 10.7 Å². The number of nitrogens with one attached hydrogen (secondary N) is 1. The molecule has 1 heterocycles. The smallest absolute Gasteiger partial charge is 0.257 e. The second-order valence-electron chi connectivity index (χ2n) is 7.94. The fraction of sp³-hybridized carbons (Fsp3) is 0.261. The molecule has 29 heavy (non-hydrogen) atoms. The Balaban J connectivity index is 1.49. The third kappa shape index (κ3) is 2.72. The average molecular weight is 407 g/mol. The van der Waals surface area contributed by atoms with Gasteiger partial charge in [0.1, 0.15) is 0 Å². The highest BCUT2D eigenvalue weighted by Gasteiger charge is 2.59. The molecule has 2 aromatic carbocycles. The molecule has 0 unspecified atom stereocenters. The van der Waals surface area contributed by atoms with Crippen LogP contribution in [0.2, 0.25) is 5.02 Å². The number of rotatable bonds is 3. The molecule has 146 valence electrons. The quantitative estimate of drug-likeness (QED) is 0.613. The Hall–Kier alpha value is -2.92. The van der Waals surface area contributed by atoms with Gasteiger partial charge in [0.25, 0.3) is 5.91 Å². The SMILES string of the molecule is Cc1ccc(Cl)cc1NC(=O)c1ccccc1N1C(=O)[C@H]2[C@H](C1=O)[C@H]1C=C[C@H]2C1. The summed E-state index contributed by atoms with van der Waals surface area (Å²) in [6.45, 7) is 1.87. The minimum Gasteiger partial charge on any atom is -0.322 e. The zero-order valence-electron chi connectivity index (χ0n) is 15.8. The van der Waals surface area contributed by atoms with E-state index in [9.17, 15) is 14.4 Å². The van der Waals surface area contributed by atoms with Crippen molar-refractivity contribution >= 4 is 40.7 Å². The van der Waals surface area contributed by atoms with E-state index in [1.54, 1.807) is 36.4 Å². The van der Waals surface area contributed by atoms with Crippen molar-refractivity contribution in [2.75, 3.05) is 10.2 Å². The van der Waals surface area contributed by atoms with E-state index < -0.39 is 0 Å². The van der Waals surface area contributed by atoms with Gasteiger partial charge in [-0.3, -0.25) is 14.4 Å². The molecule has 6 heteroatoms. The number of aryl methyl sites for hydroxylation is 1. The van der Waals surface area contributed by atoms with E-state index in [4.69, 9.17) is 11.6 Å². The lowest BCUT2D eigenvalue weighted by atomic mass is 9.85. The summed E-state index contributed by atoms with van der Waals surface area (Å²) in [4.78, 5) is 40.5. The van der Waals surface area contributed by atoms with Crippen LogP contribution in [0.4, 0.5) is 11.4 Å². The Morgan fingerprint density at radius 1 is 1.03 bits per heavy atom. The molecule has 3 aliphatic rings. The summed E-state index contributed by atoms with van der Waals surface area (Å²) in [5.74, 6) is -1.13. The van der Waals surface area contributed by atoms with Crippen LogP contribution >= 0.6 is 11.6 Å². The molecular formula is C23H19ClN2O3. The van der Waals surface area contributed by atoms with Crippen LogP contribution in [-0.4, -0.2) is 17.7 Å². The summed E-state index contributed by atoms with van der Waals surface area (Å²) in [5, 5.41) is 3.37. The molecule has 0 spiro atoms. The zero-order valence-corrected chi connectivity index (χ0v) is 16.5. The fourth-order valence-electron chi connectivity index (χ4n) is 4.92. The minimum absolute atomic E-state index is 0.126. The predicted octanol–water partition coefficient (Wildman–Crippen LogP) is 4.21. The number of halogens is 1. The molecule has 5 nitrogen and oxygen atoms in total. The molecule has 1 N–H and O–H groups in total. The van der Waals surface area contributed by atoms with Gasteiger partial charge in [0.2, 0.25) is 11.8 Å². The van der Waals surface area contributed by atoms with Gasteiger partial charge in [-0.1, -0.05) is 42.0 Å². The van der Waals surface area contributed by atoms with Crippen LogP contribution in [0.3, 0.4) is 0 Å². The molecule has 4 atom stereocenters. The molecule has 0 aromatic heterocycles. The third-order valence-corrected chi connectivity index (χ3v) is 6.54. The molecule has 2 fully saturated rings. The average Bonchev–Trinajstić information content (AvgIpc) is 3.38. The van der Waals surface area contributed by atoms with Crippen molar-refractivity contribution in [1.29, 1.82) is 0 Å². The van der Waals surface area contributed by atoms with Gasteiger partial charge in [0.05, 0.1) is 23.1 Å². The molecule has 5 rings (SSSR count). The van der Waals surface area contributed by atoms with E-state index in [0.29, 0.717) is 16.4 Å². The van der Waals surface area contributed by atoms with Gasteiger partial charge in [0.15, 0.2) is 0 Å². The Bertz CT molecular complexity index is 1060. The number of benzene rings is 2. The van der Waals surface area contributed by atoms with E-state index >= 15 is 0 Å². The van der Waals surface area contributed by atoms with E-state index in [0.717, 1.165) is 12.0 Å². The van der Waals surface area contributed by atoms with Crippen molar-refractivity contribution in [3.05, 3.63) is 70.8 Å². The van der Waals surface area contributed by atoms with E-state index in [2.05, 4.69) is 17.5 Å². The predicted molar refractivity (Wildman–Crippen MR) is 111 cm³/mol. The monoisotopic (exact) mass is 406 g/mol. The van der Waals surface area contributed by atoms with E-state index in [-0.39, 0.29) is 47.0 Å². The van der Waals surface area contributed by atoms with Crippen molar-refractivity contribution in [1.82, 2.24) is 0 Å². The van der Waals surface area contributed by atoms with Crippen molar-refractivity contribution in [2.24, 2.45) is 23.7 Å². The number of carbonyl (C=O) groups is 3. The van der Waals surface area contributed by atoms with Crippen LogP contribution in [0.15, 0.2) is 54.6 Å². The molecule has 3 amide bonds. The summed E-state index contributed by atoms with van der Waals surface area (Å²) < 4.78 is 0. The minimum atomic E-state index is -0.385. The molecule has 2 aliphatic carbocycles. The molecular weight excluding hydrogens is 388 g/mol. The van der Waals surface area contributed by atoms with Gasteiger partial charge in [-0.2, -0.15) is 0 Å². The molecule has 2 aromatic rings. The molecule has 1 saturated heterocycles. The lowest BCUT2D eigenvalue weighted by Crippen LogP contribution is -2.34. The highest BCUT2D eigenvalue weighted by Crippen LogP contribution is 2.53. The number of anilines is 2. The van der Waals surface area contributed by atoms with Gasteiger partial charge < -0.3 is 5.32 Å². The van der Waals surface area contributed by atoms with Crippen molar-refractivity contribution < 1.29 is 14.4 Å². The second kappa shape index (κ2) is 6.56. The molecule has 0 radical (unpaired) electrons.